The van der Waals surface area contributed by atoms with Crippen molar-refractivity contribution in [3.05, 3.63) is 23.8 Å². The molecule has 0 radical (unpaired) electrons. The molecule has 3 heteroatoms. The number of hydrogen-bond acceptors (Lipinski definition) is 3. The van der Waals surface area contributed by atoms with Gasteiger partial charge in [0, 0.05) is 19.6 Å². The van der Waals surface area contributed by atoms with Gasteiger partial charge in [-0.2, -0.15) is 0 Å². The van der Waals surface area contributed by atoms with E-state index in [1.54, 1.807) is 0 Å². The lowest BCUT2D eigenvalue weighted by atomic mass is 10.0. The second-order valence-corrected chi connectivity index (χ2v) is 5.80. The summed E-state index contributed by atoms with van der Waals surface area (Å²) in [5.41, 5.74) is 2.64. The van der Waals surface area contributed by atoms with Crippen LogP contribution in [0.3, 0.4) is 0 Å². The first-order valence-electron chi connectivity index (χ1n) is 6.87. The molecule has 0 N–H and O–H groups in total. The van der Waals surface area contributed by atoms with Crippen LogP contribution in [0, 0.1) is 0 Å². The molecule has 98 valence electrons. The fourth-order valence-electron chi connectivity index (χ4n) is 2.90. The summed E-state index contributed by atoms with van der Waals surface area (Å²) in [6.45, 7) is 8.62. The molecular weight excluding hydrogens is 224 g/mol. The molecule has 1 unspecified atom stereocenters. The van der Waals surface area contributed by atoms with Gasteiger partial charge in [0.15, 0.2) is 0 Å². The van der Waals surface area contributed by atoms with Crippen LogP contribution < -0.4 is 9.64 Å². The normalized spacial score (nSPS) is 23.6. The van der Waals surface area contributed by atoms with E-state index < -0.39 is 0 Å². The van der Waals surface area contributed by atoms with Gasteiger partial charge in [0.2, 0.25) is 0 Å². The first kappa shape index (κ1) is 11.8. The average molecular weight is 246 g/mol. The maximum absolute atomic E-state index is 5.96. The van der Waals surface area contributed by atoms with E-state index in [9.17, 15) is 0 Å². The van der Waals surface area contributed by atoms with Crippen molar-refractivity contribution in [2.45, 2.75) is 25.8 Å². The topological polar surface area (TPSA) is 15.7 Å². The number of rotatable bonds is 1. The third kappa shape index (κ3) is 1.97. The number of ether oxygens (including phenoxy) is 1. The number of fused-ring (bicyclic) bond motifs is 3. The van der Waals surface area contributed by atoms with Crippen LogP contribution in [-0.2, 0) is 0 Å². The van der Waals surface area contributed by atoms with Crippen LogP contribution in [0.2, 0.25) is 0 Å². The average Bonchev–Trinajstić information content (AvgIpc) is 2.37. The Morgan fingerprint density at radius 2 is 2.11 bits per heavy atom. The highest BCUT2D eigenvalue weighted by atomic mass is 16.5. The maximum Gasteiger partial charge on any atom is 0.143 e. The summed E-state index contributed by atoms with van der Waals surface area (Å²) >= 11 is 0. The molecule has 0 amide bonds. The van der Waals surface area contributed by atoms with Crippen LogP contribution in [0.1, 0.15) is 25.3 Å². The Hall–Kier alpha value is -1.22. The van der Waals surface area contributed by atoms with Crippen molar-refractivity contribution < 1.29 is 4.74 Å². The van der Waals surface area contributed by atoms with Crippen molar-refractivity contribution in [2.24, 2.45) is 0 Å². The molecule has 0 aromatic heterocycles. The first-order valence-corrected chi connectivity index (χ1v) is 6.87. The molecule has 0 spiro atoms. The van der Waals surface area contributed by atoms with Gasteiger partial charge in [-0.1, -0.05) is 19.9 Å². The van der Waals surface area contributed by atoms with Crippen molar-refractivity contribution in [1.29, 1.82) is 0 Å². The van der Waals surface area contributed by atoms with Gasteiger partial charge in [-0.25, -0.2) is 0 Å². The Morgan fingerprint density at radius 1 is 1.28 bits per heavy atom. The third-order valence-electron chi connectivity index (χ3n) is 4.08. The second-order valence-electron chi connectivity index (χ2n) is 5.80. The molecule has 3 rings (SSSR count). The van der Waals surface area contributed by atoms with E-state index in [0.717, 1.165) is 32.0 Å². The quantitative estimate of drug-likeness (QED) is 0.756. The van der Waals surface area contributed by atoms with Gasteiger partial charge in [0.25, 0.3) is 0 Å². The minimum Gasteiger partial charge on any atom is -0.489 e. The molecule has 1 atom stereocenters. The highest BCUT2D eigenvalue weighted by Crippen LogP contribution is 2.37. The predicted octanol–water partition coefficient (Wildman–Crippen LogP) is 2.32. The summed E-state index contributed by atoms with van der Waals surface area (Å²) in [6.07, 6.45) is 0. The molecule has 0 bridgehead atoms. The Morgan fingerprint density at radius 3 is 2.89 bits per heavy atom. The van der Waals surface area contributed by atoms with Crippen molar-refractivity contribution in [3.8, 4) is 5.75 Å². The Kier molecular flexibility index (Phi) is 2.94. The number of likely N-dealkylation sites (N-methyl/N-ethyl adjacent to an activating group) is 1. The number of piperazine rings is 1. The Balaban J connectivity index is 1.91. The molecule has 2 heterocycles. The van der Waals surface area contributed by atoms with E-state index in [0.29, 0.717) is 12.0 Å². The molecule has 1 aromatic rings. The van der Waals surface area contributed by atoms with E-state index in [1.807, 2.05) is 0 Å². The monoisotopic (exact) mass is 246 g/mol. The molecule has 1 saturated heterocycles. The zero-order valence-corrected chi connectivity index (χ0v) is 11.5. The van der Waals surface area contributed by atoms with E-state index in [4.69, 9.17) is 4.74 Å². The second kappa shape index (κ2) is 4.47. The lowest BCUT2D eigenvalue weighted by Gasteiger charge is -2.44. The lowest BCUT2D eigenvalue weighted by molar-refractivity contribution is 0.188. The number of hydrogen-bond donors (Lipinski definition) is 0. The molecule has 2 aliphatic rings. The zero-order chi connectivity index (χ0) is 12.7. The van der Waals surface area contributed by atoms with E-state index in [-0.39, 0.29) is 0 Å². The number of nitrogens with zero attached hydrogens (tertiary/aromatic N) is 2. The van der Waals surface area contributed by atoms with Crippen LogP contribution in [0.15, 0.2) is 18.2 Å². The predicted molar refractivity (Wildman–Crippen MR) is 74.7 cm³/mol. The summed E-state index contributed by atoms with van der Waals surface area (Å²) in [5.74, 6) is 1.63. The molecule has 0 saturated carbocycles. The van der Waals surface area contributed by atoms with Gasteiger partial charge in [0.05, 0.1) is 11.7 Å². The van der Waals surface area contributed by atoms with Gasteiger partial charge < -0.3 is 14.5 Å². The van der Waals surface area contributed by atoms with E-state index in [2.05, 4.69) is 48.9 Å². The molecule has 2 aliphatic heterocycles. The summed E-state index contributed by atoms with van der Waals surface area (Å²) < 4.78 is 5.96. The highest BCUT2D eigenvalue weighted by Gasteiger charge is 2.31. The minimum absolute atomic E-state index is 0.515. The Labute approximate surface area is 109 Å². The molecule has 1 aromatic carbocycles. The summed E-state index contributed by atoms with van der Waals surface area (Å²) in [7, 11) is 2.19. The number of benzene rings is 1. The molecular formula is C15H22N2O. The SMILES string of the molecule is CC(C)c1ccc2c(c1)OCC1CN(C)CCN21. The van der Waals surface area contributed by atoms with Gasteiger partial charge in [-0.3, -0.25) is 0 Å². The highest BCUT2D eigenvalue weighted by molar-refractivity contribution is 5.62. The van der Waals surface area contributed by atoms with Crippen molar-refractivity contribution in [3.63, 3.8) is 0 Å². The zero-order valence-electron chi connectivity index (χ0n) is 11.5. The van der Waals surface area contributed by atoms with Gasteiger partial charge in [0.1, 0.15) is 12.4 Å². The van der Waals surface area contributed by atoms with Crippen molar-refractivity contribution in [1.82, 2.24) is 4.90 Å². The summed E-state index contributed by atoms with van der Waals surface area (Å²) in [6, 6.07) is 7.21. The van der Waals surface area contributed by atoms with Gasteiger partial charge >= 0.3 is 0 Å². The number of anilines is 1. The molecule has 3 nitrogen and oxygen atoms in total. The largest absolute Gasteiger partial charge is 0.489 e. The summed E-state index contributed by atoms with van der Waals surface area (Å²) in [4.78, 5) is 4.90. The smallest absolute Gasteiger partial charge is 0.143 e. The first-order chi connectivity index (χ1) is 8.65. The Bertz CT molecular complexity index is 444. The van der Waals surface area contributed by atoms with Crippen LogP contribution in [0.4, 0.5) is 5.69 Å². The third-order valence-corrected chi connectivity index (χ3v) is 4.08. The molecule has 1 fully saturated rings. The standard InChI is InChI=1S/C15H22N2O/c1-11(2)12-4-5-14-15(8-12)18-10-13-9-16(3)6-7-17(13)14/h4-5,8,11,13H,6-7,9-10H2,1-3H3. The van der Waals surface area contributed by atoms with Crippen LogP contribution in [0.25, 0.3) is 0 Å². The fourth-order valence-corrected chi connectivity index (χ4v) is 2.90. The molecule has 0 aliphatic carbocycles. The van der Waals surface area contributed by atoms with E-state index in [1.165, 1.54) is 11.3 Å². The summed E-state index contributed by atoms with van der Waals surface area (Å²) in [5, 5.41) is 0. The van der Waals surface area contributed by atoms with Crippen LogP contribution >= 0.6 is 0 Å². The lowest BCUT2D eigenvalue weighted by Crippen LogP contribution is -2.56. The van der Waals surface area contributed by atoms with E-state index >= 15 is 0 Å². The minimum atomic E-state index is 0.515. The van der Waals surface area contributed by atoms with Crippen molar-refractivity contribution in [2.75, 3.05) is 38.2 Å². The maximum atomic E-state index is 5.96. The van der Waals surface area contributed by atoms with Crippen LogP contribution in [0.5, 0.6) is 5.75 Å². The van der Waals surface area contributed by atoms with Gasteiger partial charge in [-0.05, 0) is 30.7 Å². The molecule has 18 heavy (non-hydrogen) atoms. The van der Waals surface area contributed by atoms with Gasteiger partial charge in [-0.15, -0.1) is 0 Å². The fraction of sp³-hybridized carbons (Fsp3) is 0.600. The van der Waals surface area contributed by atoms with Crippen molar-refractivity contribution >= 4 is 5.69 Å². The van der Waals surface area contributed by atoms with Crippen LogP contribution in [-0.4, -0.2) is 44.2 Å².